The van der Waals surface area contributed by atoms with Crippen molar-refractivity contribution in [2.45, 2.75) is 32.2 Å². The summed E-state index contributed by atoms with van der Waals surface area (Å²) in [6.07, 6.45) is 3.16. The highest BCUT2D eigenvalue weighted by atomic mass is 35.5. The summed E-state index contributed by atoms with van der Waals surface area (Å²) in [5.74, 6) is -4.66. The van der Waals surface area contributed by atoms with Crippen LogP contribution in [0.5, 0.6) is 0 Å². The van der Waals surface area contributed by atoms with Crippen LogP contribution in [0.2, 0.25) is 5.02 Å². The van der Waals surface area contributed by atoms with E-state index in [1.807, 2.05) is 0 Å². The van der Waals surface area contributed by atoms with Gasteiger partial charge in [0, 0.05) is 12.6 Å². The lowest BCUT2D eigenvalue weighted by Crippen LogP contribution is -2.40. The Kier molecular flexibility index (Phi) is 4.46. The average molecular weight is 414 g/mol. The highest BCUT2D eigenvalue weighted by Gasteiger charge is 2.38. The molecule has 142 valence electrons. The van der Waals surface area contributed by atoms with Crippen molar-refractivity contribution in [2.24, 2.45) is 4.99 Å². The smallest absolute Gasteiger partial charge is 0.181 e. The molecule has 4 rings (SSSR count). The lowest BCUT2D eigenvalue weighted by atomic mass is 10.1. The van der Waals surface area contributed by atoms with Crippen molar-refractivity contribution in [2.75, 3.05) is 6.54 Å². The van der Waals surface area contributed by atoms with Gasteiger partial charge in [0.25, 0.3) is 0 Å². The van der Waals surface area contributed by atoms with E-state index in [0.29, 0.717) is 5.17 Å². The molecule has 1 aromatic rings. The Labute approximate surface area is 162 Å². The number of hydrogen-bond acceptors (Lipinski definition) is 4. The predicted molar refractivity (Wildman–Crippen MR) is 101 cm³/mol. The molecule has 1 saturated heterocycles. The molecule has 3 aliphatic heterocycles. The van der Waals surface area contributed by atoms with Gasteiger partial charge in [0.2, 0.25) is 0 Å². The summed E-state index contributed by atoms with van der Waals surface area (Å²) in [6.45, 7) is 2.89. The molecule has 0 aliphatic carbocycles. The zero-order chi connectivity index (χ0) is 19.5. The van der Waals surface area contributed by atoms with Crippen LogP contribution in [0.25, 0.3) is 5.70 Å². The first-order valence-electron chi connectivity index (χ1n) is 8.40. The first-order valence-corrected chi connectivity index (χ1v) is 9.59. The van der Waals surface area contributed by atoms with E-state index in [9.17, 15) is 13.2 Å². The third-order valence-corrected chi connectivity index (χ3v) is 6.35. The van der Waals surface area contributed by atoms with Crippen molar-refractivity contribution in [1.82, 2.24) is 10.2 Å². The van der Waals surface area contributed by atoms with E-state index >= 15 is 0 Å². The van der Waals surface area contributed by atoms with Crippen molar-refractivity contribution in [3.05, 3.63) is 38.5 Å². The SMILES string of the molecule is CC1CCCCN1C1=NC(=N)C(=C2NC(=N)c3c(F)c(F)c(Cl)c(F)c32)S1. The highest BCUT2D eigenvalue weighted by molar-refractivity contribution is 8.18. The van der Waals surface area contributed by atoms with Crippen LogP contribution in [0.4, 0.5) is 13.2 Å². The van der Waals surface area contributed by atoms with Crippen molar-refractivity contribution in [1.29, 1.82) is 10.8 Å². The molecule has 0 bridgehead atoms. The number of amidine groups is 3. The number of benzene rings is 1. The minimum absolute atomic E-state index is 0.0201. The summed E-state index contributed by atoms with van der Waals surface area (Å²) >= 11 is 6.75. The van der Waals surface area contributed by atoms with E-state index in [-0.39, 0.29) is 28.0 Å². The lowest BCUT2D eigenvalue weighted by Gasteiger charge is -2.34. The molecule has 1 unspecified atom stereocenters. The van der Waals surface area contributed by atoms with Crippen LogP contribution in [0, 0.1) is 28.3 Å². The Morgan fingerprint density at radius 1 is 1.15 bits per heavy atom. The maximum atomic E-state index is 14.6. The molecule has 5 nitrogen and oxygen atoms in total. The maximum absolute atomic E-state index is 14.6. The lowest BCUT2D eigenvalue weighted by molar-refractivity contribution is 0.263. The van der Waals surface area contributed by atoms with Crippen LogP contribution < -0.4 is 5.32 Å². The van der Waals surface area contributed by atoms with E-state index in [2.05, 4.69) is 22.1 Å². The number of aliphatic imine (C=N–C) groups is 1. The summed E-state index contributed by atoms with van der Waals surface area (Å²) in [6, 6.07) is 0.266. The van der Waals surface area contributed by atoms with Crippen LogP contribution >= 0.6 is 23.4 Å². The summed E-state index contributed by atoms with van der Waals surface area (Å²) < 4.78 is 42.7. The molecule has 0 aromatic heterocycles. The monoisotopic (exact) mass is 413 g/mol. The number of piperidine rings is 1. The summed E-state index contributed by atoms with van der Waals surface area (Å²) in [5.41, 5.74) is -0.837. The molecule has 0 saturated carbocycles. The topological polar surface area (TPSA) is 75.3 Å². The Morgan fingerprint density at radius 3 is 2.59 bits per heavy atom. The van der Waals surface area contributed by atoms with Gasteiger partial charge < -0.3 is 10.2 Å². The molecular formula is C17H15ClF3N5S. The normalized spacial score (nSPS) is 25.0. The van der Waals surface area contributed by atoms with E-state index in [1.54, 1.807) is 0 Å². The van der Waals surface area contributed by atoms with Crippen molar-refractivity contribution in [3.8, 4) is 0 Å². The summed E-state index contributed by atoms with van der Waals surface area (Å²) in [5, 5.41) is 18.3. The van der Waals surface area contributed by atoms with Crippen LogP contribution in [-0.2, 0) is 0 Å². The minimum Gasteiger partial charge on any atom is -0.348 e. The summed E-state index contributed by atoms with van der Waals surface area (Å²) in [4.78, 5) is 6.62. The number of thioether (sulfide) groups is 1. The molecule has 3 heterocycles. The van der Waals surface area contributed by atoms with E-state index in [4.69, 9.17) is 22.4 Å². The molecule has 0 amide bonds. The zero-order valence-corrected chi connectivity index (χ0v) is 15.8. The fourth-order valence-corrected chi connectivity index (χ4v) is 4.79. The van der Waals surface area contributed by atoms with Gasteiger partial charge in [-0.05, 0) is 37.9 Å². The second kappa shape index (κ2) is 6.56. The fraction of sp³-hybridized carbons (Fsp3) is 0.353. The van der Waals surface area contributed by atoms with Gasteiger partial charge in [-0.1, -0.05) is 11.6 Å². The van der Waals surface area contributed by atoms with E-state index in [1.165, 1.54) is 0 Å². The highest BCUT2D eigenvalue weighted by Crippen LogP contribution is 2.42. The molecule has 0 radical (unpaired) electrons. The standard InChI is InChI=1S/C17H15ClF3N5S/c1-6-4-2-3-5-26(6)17-25-16(23)14(27-17)13-7-8(15(22)24-13)11(20)12(21)9(18)10(7)19/h6,23H,2-5H2,1H3,(H2,22,24). The van der Waals surface area contributed by atoms with Crippen LogP contribution in [0.3, 0.4) is 0 Å². The molecule has 3 N–H and O–H groups in total. The molecule has 0 spiro atoms. The molecule has 1 fully saturated rings. The number of nitrogens with zero attached hydrogens (tertiary/aromatic N) is 2. The third kappa shape index (κ3) is 2.75. The number of rotatable bonds is 0. The van der Waals surface area contributed by atoms with Crippen molar-refractivity contribution >= 4 is 45.9 Å². The third-order valence-electron chi connectivity index (χ3n) is 4.91. The molecule has 1 aromatic carbocycles. The average Bonchev–Trinajstić information content (AvgIpc) is 3.18. The number of hydrogen-bond donors (Lipinski definition) is 3. The second-order valence-corrected chi connectivity index (χ2v) is 7.95. The molecule has 1 atom stereocenters. The molecular weight excluding hydrogens is 399 g/mol. The first-order chi connectivity index (χ1) is 12.8. The number of nitrogens with one attached hydrogen (secondary N) is 3. The summed E-state index contributed by atoms with van der Waals surface area (Å²) in [7, 11) is 0. The second-order valence-electron chi connectivity index (χ2n) is 6.59. The maximum Gasteiger partial charge on any atom is 0.181 e. The minimum atomic E-state index is -1.53. The Morgan fingerprint density at radius 2 is 1.89 bits per heavy atom. The van der Waals surface area contributed by atoms with Gasteiger partial charge in [-0.3, -0.25) is 10.8 Å². The molecule has 3 aliphatic rings. The zero-order valence-electron chi connectivity index (χ0n) is 14.2. The molecule has 10 heteroatoms. The van der Waals surface area contributed by atoms with Gasteiger partial charge in [-0.15, -0.1) is 0 Å². The van der Waals surface area contributed by atoms with Gasteiger partial charge >= 0.3 is 0 Å². The number of halogens is 4. The van der Waals surface area contributed by atoms with Crippen LogP contribution in [0.15, 0.2) is 9.90 Å². The Bertz CT molecular complexity index is 959. The van der Waals surface area contributed by atoms with Gasteiger partial charge in [-0.2, -0.15) is 0 Å². The van der Waals surface area contributed by atoms with Crippen molar-refractivity contribution in [3.63, 3.8) is 0 Å². The van der Waals surface area contributed by atoms with Crippen LogP contribution in [0.1, 0.15) is 37.3 Å². The first kappa shape index (κ1) is 18.4. The Balaban J connectivity index is 1.79. The predicted octanol–water partition coefficient (Wildman–Crippen LogP) is 4.31. The van der Waals surface area contributed by atoms with Gasteiger partial charge in [0.15, 0.2) is 28.5 Å². The number of likely N-dealkylation sites (tertiary alicyclic amines) is 1. The van der Waals surface area contributed by atoms with Gasteiger partial charge in [0.1, 0.15) is 10.9 Å². The quantitative estimate of drug-likeness (QED) is 0.438. The fourth-order valence-electron chi connectivity index (χ4n) is 3.50. The van der Waals surface area contributed by atoms with Crippen LogP contribution in [-0.4, -0.2) is 34.3 Å². The van der Waals surface area contributed by atoms with Gasteiger partial charge in [-0.25, -0.2) is 18.2 Å². The largest absolute Gasteiger partial charge is 0.348 e. The molecule has 27 heavy (non-hydrogen) atoms. The Hall–Kier alpha value is -2.00. The number of fused-ring (bicyclic) bond motifs is 1. The van der Waals surface area contributed by atoms with Crippen molar-refractivity contribution < 1.29 is 13.2 Å². The van der Waals surface area contributed by atoms with E-state index in [0.717, 1.165) is 37.6 Å². The van der Waals surface area contributed by atoms with E-state index < -0.39 is 33.9 Å². The van der Waals surface area contributed by atoms with Gasteiger partial charge in [0.05, 0.1) is 21.7 Å².